The van der Waals surface area contributed by atoms with Gasteiger partial charge in [-0.25, -0.2) is 14.6 Å². The zero-order chi connectivity index (χ0) is 13.9. The van der Waals surface area contributed by atoms with E-state index in [1.807, 2.05) is 0 Å². The molecule has 0 radical (unpaired) electrons. The number of aromatic nitrogens is 2. The highest BCUT2D eigenvalue weighted by Gasteiger charge is 2.01. The number of nitrogens with zero attached hydrogens (tertiary/aromatic N) is 2. The van der Waals surface area contributed by atoms with Gasteiger partial charge in [-0.1, -0.05) is 6.08 Å². The molecule has 1 aromatic heterocycles. The fourth-order valence-corrected chi connectivity index (χ4v) is 1.43. The summed E-state index contributed by atoms with van der Waals surface area (Å²) >= 11 is 0. The van der Waals surface area contributed by atoms with Crippen molar-refractivity contribution in [2.24, 2.45) is 0 Å². The summed E-state index contributed by atoms with van der Waals surface area (Å²) in [7, 11) is 0. The highest BCUT2D eigenvalue weighted by atomic mass is 16.5. The maximum atomic E-state index is 11.5. The third-order valence-electron chi connectivity index (χ3n) is 2.38. The van der Waals surface area contributed by atoms with Gasteiger partial charge in [-0.2, -0.15) is 0 Å². The lowest BCUT2D eigenvalue weighted by atomic mass is 10.2. The van der Waals surface area contributed by atoms with E-state index in [4.69, 9.17) is 4.74 Å². The van der Waals surface area contributed by atoms with E-state index < -0.39 is 0 Å². The van der Waals surface area contributed by atoms with Gasteiger partial charge >= 0.3 is 12.0 Å². The number of hydrogen-bond donors (Lipinski definition) is 1. The lowest BCUT2D eigenvalue weighted by Crippen LogP contribution is -2.28. The van der Waals surface area contributed by atoms with E-state index in [2.05, 4.69) is 10.3 Å². The van der Waals surface area contributed by atoms with Crippen LogP contribution in [-0.4, -0.2) is 34.7 Å². The number of hydrogen-bond acceptors (Lipinski definition) is 4. The number of carbonyl (C=O) groups excluding carboxylic acids is 2. The Balaban J connectivity index is 1.97. The molecule has 104 valence electrons. The Labute approximate surface area is 112 Å². The molecule has 0 aromatic carbocycles. The van der Waals surface area contributed by atoms with Crippen molar-refractivity contribution in [3.63, 3.8) is 0 Å². The lowest BCUT2D eigenvalue weighted by molar-refractivity contribution is -0.137. The molecule has 0 aliphatic carbocycles. The zero-order valence-electron chi connectivity index (χ0n) is 11.0. The number of unbranched alkanes of at least 4 members (excludes halogenated alkanes) is 2. The lowest BCUT2D eigenvalue weighted by Gasteiger charge is -2.05. The number of ether oxygens (including phenoxy) is 1. The van der Waals surface area contributed by atoms with Crippen LogP contribution in [0.4, 0.5) is 4.79 Å². The molecule has 0 aliphatic heterocycles. The summed E-state index contributed by atoms with van der Waals surface area (Å²) < 4.78 is 6.33. The molecular weight excluding hydrogens is 246 g/mol. The number of carbonyl (C=O) groups is 2. The standard InChI is InChI=1S/C13H19N3O3/c1-2-6-12(17)19-10-5-3-4-7-15-13(18)16-9-8-14-11-16/h2,6,8-9,11H,3-5,7,10H2,1H3,(H,15,18). The van der Waals surface area contributed by atoms with Crippen molar-refractivity contribution >= 4 is 12.0 Å². The molecule has 1 aromatic rings. The third kappa shape index (κ3) is 6.40. The molecule has 1 heterocycles. The van der Waals surface area contributed by atoms with Crippen molar-refractivity contribution in [3.05, 3.63) is 30.9 Å². The van der Waals surface area contributed by atoms with Crippen LogP contribution in [0.15, 0.2) is 30.9 Å². The average Bonchev–Trinajstić information content (AvgIpc) is 2.91. The molecule has 0 saturated carbocycles. The fraction of sp³-hybridized carbons (Fsp3) is 0.462. The van der Waals surface area contributed by atoms with Crippen LogP contribution < -0.4 is 5.32 Å². The van der Waals surface area contributed by atoms with Crippen LogP contribution in [0.5, 0.6) is 0 Å². The van der Waals surface area contributed by atoms with Crippen LogP contribution in [0.25, 0.3) is 0 Å². The summed E-state index contributed by atoms with van der Waals surface area (Å²) in [5.41, 5.74) is 0. The SMILES string of the molecule is CC=CC(=O)OCCCCCNC(=O)n1ccnc1. The molecule has 0 unspecified atom stereocenters. The molecule has 1 amide bonds. The van der Waals surface area contributed by atoms with Crippen molar-refractivity contribution in [2.75, 3.05) is 13.2 Å². The molecule has 6 nitrogen and oxygen atoms in total. The Hall–Kier alpha value is -2.11. The number of rotatable bonds is 7. The summed E-state index contributed by atoms with van der Waals surface area (Å²) in [6, 6.07) is -0.183. The van der Waals surface area contributed by atoms with Gasteiger partial charge in [0.05, 0.1) is 6.61 Å². The first-order valence-electron chi connectivity index (χ1n) is 6.29. The monoisotopic (exact) mass is 265 g/mol. The predicted molar refractivity (Wildman–Crippen MR) is 70.6 cm³/mol. The quantitative estimate of drug-likeness (QED) is 0.463. The van der Waals surface area contributed by atoms with Crippen LogP contribution in [-0.2, 0) is 9.53 Å². The smallest absolute Gasteiger partial charge is 0.330 e. The van der Waals surface area contributed by atoms with Crippen molar-refractivity contribution < 1.29 is 14.3 Å². The van der Waals surface area contributed by atoms with Crippen LogP contribution >= 0.6 is 0 Å². The van der Waals surface area contributed by atoms with Gasteiger partial charge in [-0.05, 0) is 26.2 Å². The van der Waals surface area contributed by atoms with Crippen LogP contribution in [0.1, 0.15) is 26.2 Å². The Bertz CT molecular complexity index is 413. The molecule has 1 N–H and O–H groups in total. The summed E-state index contributed by atoms with van der Waals surface area (Å²) in [6.45, 7) is 2.78. The predicted octanol–water partition coefficient (Wildman–Crippen LogP) is 1.73. The Morgan fingerprint density at radius 2 is 2.21 bits per heavy atom. The van der Waals surface area contributed by atoms with E-state index in [-0.39, 0.29) is 12.0 Å². The van der Waals surface area contributed by atoms with E-state index in [1.54, 1.807) is 25.4 Å². The van der Waals surface area contributed by atoms with Gasteiger partial charge in [0, 0.05) is 25.0 Å². The Kier molecular flexibility index (Phi) is 7.01. The normalized spacial score (nSPS) is 10.6. The number of allylic oxidation sites excluding steroid dienone is 1. The van der Waals surface area contributed by atoms with Gasteiger partial charge in [0.2, 0.25) is 0 Å². The molecule has 1 rings (SSSR count). The van der Waals surface area contributed by atoms with Gasteiger partial charge in [0.15, 0.2) is 0 Å². The highest BCUT2D eigenvalue weighted by Crippen LogP contribution is 1.96. The zero-order valence-corrected chi connectivity index (χ0v) is 11.0. The van der Waals surface area contributed by atoms with E-state index in [0.29, 0.717) is 13.2 Å². The first kappa shape index (κ1) is 14.9. The summed E-state index contributed by atoms with van der Waals surface area (Å²) in [4.78, 5) is 26.3. The second-order valence-electron chi connectivity index (χ2n) is 3.93. The van der Waals surface area contributed by atoms with E-state index >= 15 is 0 Å². The van der Waals surface area contributed by atoms with E-state index in [1.165, 1.54) is 17.0 Å². The van der Waals surface area contributed by atoms with Gasteiger partial charge in [0.25, 0.3) is 0 Å². The molecule has 0 aliphatic rings. The topological polar surface area (TPSA) is 73.2 Å². The van der Waals surface area contributed by atoms with Gasteiger partial charge in [0.1, 0.15) is 6.33 Å². The average molecular weight is 265 g/mol. The third-order valence-corrected chi connectivity index (χ3v) is 2.38. The second kappa shape index (κ2) is 8.91. The van der Waals surface area contributed by atoms with Gasteiger partial charge in [-0.3, -0.25) is 4.57 Å². The first-order chi connectivity index (χ1) is 9.24. The van der Waals surface area contributed by atoms with Crippen LogP contribution in [0, 0.1) is 0 Å². The number of amides is 1. The minimum absolute atomic E-state index is 0.183. The van der Waals surface area contributed by atoms with Crippen molar-refractivity contribution in [3.8, 4) is 0 Å². The minimum Gasteiger partial charge on any atom is -0.463 e. The largest absolute Gasteiger partial charge is 0.463 e. The molecule has 0 saturated heterocycles. The van der Waals surface area contributed by atoms with Crippen LogP contribution in [0.3, 0.4) is 0 Å². The van der Waals surface area contributed by atoms with Crippen molar-refractivity contribution in [1.82, 2.24) is 14.9 Å². The number of imidazole rings is 1. The van der Waals surface area contributed by atoms with Gasteiger partial charge in [-0.15, -0.1) is 0 Å². The van der Waals surface area contributed by atoms with Crippen LogP contribution in [0.2, 0.25) is 0 Å². The molecule has 0 fully saturated rings. The molecule has 19 heavy (non-hydrogen) atoms. The van der Waals surface area contributed by atoms with Crippen molar-refractivity contribution in [2.45, 2.75) is 26.2 Å². The fourth-order valence-electron chi connectivity index (χ4n) is 1.43. The van der Waals surface area contributed by atoms with Gasteiger partial charge < -0.3 is 10.1 Å². The number of esters is 1. The molecule has 0 atom stereocenters. The Morgan fingerprint density at radius 3 is 2.89 bits per heavy atom. The highest BCUT2D eigenvalue weighted by molar-refractivity contribution is 5.81. The number of nitrogens with one attached hydrogen (secondary N) is 1. The minimum atomic E-state index is -0.309. The Morgan fingerprint density at radius 1 is 1.37 bits per heavy atom. The summed E-state index contributed by atoms with van der Waals surface area (Å²) in [5, 5.41) is 2.77. The summed E-state index contributed by atoms with van der Waals surface area (Å²) in [5.74, 6) is -0.309. The molecule has 6 heteroatoms. The first-order valence-corrected chi connectivity index (χ1v) is 6.29. The molecule has 0 spiro atoms. The maximum absolute atomic E-state index is 11.5. The van der Waals surface area contributed by atoms with E-state index in [9.17, 15) is 9.59 Å². The van der Waals surface area contributed by atoms with Crippen molar-refractivity contribution in [1.29, 1.82) is 0 Å². The summed E-state index contributed by atoms with van der Waals surface area (Å²) in [6.07, 6.45) is 10.2. The van der Waals surface area contributed by atoms with E-state index in [0.717, 1.165) is 19.3 Å². The second-order valence-corrected chi connectivity index (χ2v) is 3.93. The molecular formula is C13H19N3O3. The maximum Gasteiger partial charge on any atom is 0.330 e. The molecule has 0 bridgehead atoms.